The number of hydrazine groups is 1. The van der Waals surface area contributed by atoms with Crippen LogP contribution in [-0.2, 0) is 9.53 Å². The zero-order valence-electron chi connectivity index (χ0n) is 11.4. The molecule has 0 aliphatic heterocycles. The molecule has 0 aromatic heterocycles. The molecule has 0 saturated carbocycles. The minimum Gasteiger partial charge on any atom is -0.469 e. The highest BCUT2D eigenvalue weighted by molar-refractivity contribution is 5.89. The van der Waals surface area contributed by atoms with E-state index in [1.54, 1.807) is 31.2 Å². The van der Waals surface area contributed by atoms with Gasteiger partial charge in [-0.1, -0.05) is 18.2 Å². The van der Waals surface area contributed by atoms with Crippen LogP contribution >= 0.6 is 0 Å². The number of methoxy groups -OCH3 is 1. The number of benzene rings is 1. The summed E-state index contributed by atoms with van der Waals surface area (Å²) >= 11 is 0. The van der Waals surface area contributed by atoms with Crippen LogP contribution in [0.1, 0.15) is 6.42 Å². The van der Waals surface area contributed by atoms with Crippen molar-refractivity contribution in [3.8, 4) is 0 Å². The third kappa shape index (κ3) is 4.97. The van der Waals surface area contributed by atoms with Crippen molar-refractivity contribution in [3.63, 3.8) is 0 Å². The highest BCUT2D eigenvalue weighted by Gasteiger charge is 2.17. The number of para-hydroxylation sites is 1. The summed E-state index contributed by atoms with van der Waals surface area (Å²) in [6, 6.07) is 8.85. The van der Waals surface area contributed by atoms with Crippen molar-refractivity contribution in [3.05, 3.63) is 30.3 Å². The van der Waals surface area contributed by atoms with Gasteiger partial charge >= 0.3 is 12.0 Å². The van der Waals surface area contributed by atoms with Crippen LogP contribution in [0, 0.1) is 0 Å². The average Bonchev–Trinajstić information content (AvgIpc) is 2.39. The van der Waals surface area contributed by atoms with Gasteiger partial charge < -0.3 is 10.1 Å². The highest BCUT2D eigenvalue weighted by atomic mass is 16.5. The van der Waals surface area contributed by atoms with Gasteiger partial charge in [0.1, 0.15) is 0 Å². The van der Waals surface area contributed by atoms with Gasteiger partial charge in [0.2, 0.25) is 0 Å². The molecule has 0 aliphatic carbocycles. The number of carbonyl (C=O) groups excluding carboxylic acids is 2. The minimum atomic E-state index is -0.348. The van der Waals surface area contributed by atoms with Gasteiger partial charge in [-0.15, -0.1) is 0 Å². The Bertz CT molecular complexity index is 420. The predicted octanol–water partition coefficient (Wildman–Crippen LogP) is 1.56. The molecule has 0 fully saturated rings. The molecule has 1 aromatic carbocycles. The van der Waals surface area contributed by atoms with E-state index in [-0.39, 0.29) is 25.0 Å². The Morgan fingerprint density at radius 1 is 1.21 bits per heavy atom. The van der Waals surface area contributed by atoms with Gasteiger partial charge in [-0.3, -0.25) is 9.80 Å². The minimum absolute atomic E-state index is 0.150. The molecule has 1 N–H and O–H groups in total. The summed E-state index contributed by atoms with van der Waals surface area (Å²) in [6.45, 7) is 0.262. The zero-order chi connectivity index (χ0) is 14.3. The van der Waals surface area contributed by atoms with E-state index in [4.69, 9.17) is 0 Å². The Morgan fingerprint density at radius 3 is 2.37 bits per heavy atom. The maximum atomic E-state index is 12.1. The normalized spacial score (nSPS) is 10.1. The Hall–Kier alpha value is -2.08. The average molecular weight is 265 g/mol. The van der Waals surface area contributed by atoms with Crippen LogP contribution in [0.25, 0.3) is 0 Å². The second-order valence-electron chi connectivity index (χ2n) is 4.09. The lowest BCUT2D eigenvalue weighted by molar-refractivity contribution is -0.141. The fourth-order valence-corrected chi connectivity index (χ4v) is 1.49. The van der Waals surface area contributed by atoms with Crippen molar-refractivity contribution in [2.45, 2.75) is 6.42 Å². The van der Waals surface area contributed by atoms with Gasteiger partial charge in [-0.05, 0) is 12.1 Å². The number of urea groups is 1. The van der Waals surface area contributed by atoms with E-state index in [0.29, 0.717) is 5.69 Å². The molecule has 2 amide bonds. The van der Waals surface area contributed by atoms with Crippen molar-refractivity contribution in [1.82, 2.24) is 10.0 Å². The first-order valence-electron chi connectivity index (χ1n) is 5.92. The highest BCUT2D eigenvalue weighted by Crippen LogP contribution is 2.07. The molecule has 0 bridgehead atoms. The van der Waals surface area contributed by atoms with Crippen molar-refractivity contribution in [2.24, 2.45) is 0 Å². The molecule has 0 saturated heterocycles. The number of hydrogen-bond donors (Lipinski definition) is 1. The topological polar surface area (TPSA) is 61.9 Å². The standard InChI is InChI=1S/C13H19N3O3/c1-15(2)16(10-9-12(17)19-3)13(18)14-11-7-5-4-6-8-11/h4-8H,9-10H2,1-3H3,(H,14,18). The molecule has 0 aliphatic rings. The van der Waals surface area contributed by atoms with E-state index in [2.05, 4.69) is 10.1 Å². The number of hydrogen-bond acceptors (Lipinski definition) is 4. The van der Waals surface area contributed by atoms with Crippen LogP contribution in [0.5, 0.6) is 0 Å². The number of esters is 1. The molecule has 6 nitrogen and oxygen atoms in total. The van der Waals surface area contributed by atoms with E-state index < -0.39 is 0 Å². The first-order valence-corrected chi connectivity index (χ1v) is 5.92. The summed E-state index contributed by atoms with van der Waals surface area (Å²) in [5.74, 6) is -0.348. The van der Waals surface area contributed by atoms with Crippen molar-refractivity contribution in [1.29, 1.82) is 0 Å². The first kappa shape index (κ1) is 15.0. The first-order chi connectivity index (χ1) is 9.04. The smallest absolute Gasteiger partial charge is 0.336 e. The molecular weight excluding hydrogens is 246 g/mol. The summed E-state index contributed by atoms with van der Waals surface area (Å²) in [7, 11) is 4.80. The van der Waals surface area contributed by atoms with Crippen molar-refractivity contribution >= 4 is 17.7 Å². The predicted molar refractivity (Wildman–Crippen MR) is 72.5 cm³/mol. The number of amides is 2. The Kier molecular flexibility index (Phi) is 5.81. The van der Waals surface area contributed by atoms with E-state index in [1.807, 2.05) is 18.2 Å². The Labute approximate surface area is 112 Å². The largest absolute Gasteiger partial charge is 0.469 e. The fourth-order valence-electron chi connectivity index (χ4n) is 1.49. The van der Waals surface area contributed by atoms with Crippen LogP contribution in [0.3, 0.4) is 0 Å². The molecule has 1 rings (SSSR count). The van der Waals surface area contributed by atoms with E-state index in [9.17, 15) is 9.59 Å². The van der Waals surface area contributed by atoms with Gasteiger partial charge in [0.05, 0.1) is 13.5 Å². The molecule has 0 heterocycles. The Morgan fingerprint density at radius 2 is 1.84 bits per heavy atom. The second kappa shape index (κ2) is 7.38. The number of nitrogens with one attached hydrogen (secondary N) is 1. The summed E-state index contributed by atoms with van der Waals surface area (Å²) in [5, 5.41) is 5.82. The summed E-state index contributed by atoms with van der Waals surface area (Å²) in [4.78, 5) is 23.2. The third-order valence-corrected chi connectivity index (χ3v) is 2.50. The molecule has 0 radical (unpaired) electrons. The molecule has 0 atom stereocenters. The monoisotopic (exact) mass is 265 g/mol. The maximum absolute atomic E-state index is 12.1. The number of ether oxygens (including phenoxy) is 1. The van der Waals surface area contributed by atoms with Gasteiger partial charge in [-0.25, -0.2) is 9.80 Å². The molecule has 19 heavy (non-hydrogen) atoms. The second-order valence-corrected chi connectivity index (χ2v) is 4.09. The molecule has 0 spiro atoms. The molecular formula is C13H19N3O3. The lowest BCUT2D eigenvalue weighted by Crippen LogP contribution is -2.45. The zero-order valence-corrected chi connectivity index (χ0v) is 11.4. The van der Waals surface area contributed by atoms with Crippen LogP contribution in [0.4, 0.5) is 10.5 Å². The van der Waals surface area contributed by atoms with Gasteiger partial charge in [0, 0.05) is 26.3 Å². The third-order valence-electron chi connectivity index (χ3n) is 2.50. The molecule has 104 valence electrons. The summed E-state index contributed by atoms with van der Waals surface area (Å²) in [5.41, 5.74) is 0.706. The Balaban J connectivity index is 2.60. The summed E-state index contributed by atoms with van der Waals surface area (Å²) < 4.78 is 4.56. The molecule has 1 aromatic rings. The summed E-state index contributed by atoms with van der Waals surface area (Å²) in [6.07, 6.45) is 0.150. The lowest BCUT2D eigenvalue weighted by Gasteiger charge is -2.28. The van der Waals surface area contributed by atoms with Gasteiger partial charge in [0.25, 0.3) is 0 Å². The number of carbonyl (C=O) groups is 2. The number of nitrogens with zero attached hydrogens (tertiary/aromatic N) is 2. The quantitative estimate of drug-likeness (QED) is 0.648. The van der Waals surface area contributed by atoms with Gasteiger partial charge in [0.15, 0.2) is 0 Å². The lowest BCUT2D eigenvalue weighted by atomic mass is 10.3. The van der Waals surface area contributed by atoms with Crippen LogP contribution in [0.15, 0.2) is 30.3 Å². The van der Waals surface area contributed by atoms with Crippen molar-refractivity contribution in [2.75, 3.05) is 33.1 Å². The molecule has 6 heteroatoms. The number of rotatable bonds is 5. The van der Waals surface area contributed by atoms with E-state index in [0.717, 1.165) is 0 Å². The fraction of sp³-hybridized carbons (Fsp3) is 0.385. The van der Waals surface area contributed by atoms with Crippen LogP contribution < -0.4 is 5.32 Å². The maximum Gasteiger partial charge on any atom is 0.336 e. The molecule has 0 unspecified atom stereocenters. The van der Waals surface area contributed by atoms with E-state index in [1.165, 1.54) is 12.1 Å². The van der Waals surface area contributed by atoms with Crippen LogP contribution in [0.2, 0.25) is 0 Å². The van der Waals surface area contributed by atoms with Crippen molar-refractivity contribution < 1.29 is 14.3 Å². The van der Waals surface area contributed by atoms with E-state index >= 15 is 0 Å². The van der Waals surface area contributed by atoms with Crippen LogP contribution in [-0.4, -0.2) is 49.8 Å². The number of anilines is 1. The SMILES string of the molecule is COC(=O)CCN(C(=O)Nc1ccccc1)N(C)C. The van der Waals surface area contributed by atoms with Gasteiger partial charge in [-0.2, -0.15) is 0 Å².